The fourth-order valence-electron chi connectivity index (χ4n) is 1.11. The van der Waals surface area contributed by atoms with Crippen LogP contribution in [0.3, 0.4) is 0 Å². The van der Waals surface area contributed by atoms with Gasteiger partial charge in [-0.05, 0) is 32.1 Å². The van der Waals surface area contributed by atoms with Gasteiger partial charge >= 0.3 is 0 Å². The predicted molar refractivity (Wildman–Crippen MR) is 60.6 cm³/mol. The Morgan fingerprint density at radius 2 is 2.21 bits per heavy atom. The lowest BCUT2D eigenvalue weighted by molar-refractivity contribution is 0.367. The Kier molecular flexibility index (Phi) is 4.40. The Morgan fingerprint density at radius 3 is 2.79 bits per heavy atom. The van der Waals surface area contributed by atoms with Crippen LogP contribution in [0.4, 0.5) is 5.82 Å². The molecule has 0 unspecified atom stereocenters. The van der Waals surface area contributed by atoms with Gasteiger partial charge < -0.3 is 10.2 Å². The molecule has 0 saturated heterocycles. The maximum Gasteiger partial charge on any atom is 0.125 e. The molecule has 1 aromatic rings. The number of anilines is 1. The number of nitrogens with zero attached hydrogens (tertiary/aromatic N) is 2. The average molecular weight is 193 g/mol. The molecule has 1 rings (SSSR count). The number of hydrogen-bond acceptors (Lipinski definition) is 3. The molecule has 0 amide bonds. The third kappa shape index (κ3) is 3.75. The van der Waals surface area contributed by atoms with Crippen LogP contribution in [0.25, 0.3) is 0 Å². The molecule has 3 heteroatoms. The Labute approximate surface area is 86.2 Å². The van der Waals surface area contributed by atoms with E-state index in [4.69, 9.17) is 0 Å². The quantitative estimate of drug-likeness (QED) is 0.772. The van der Waals surface area contributed by atoms with E-state index in [0.29, 0.717) is 0 Å². The van der Waals surface area contributed by atoms with Crippen molar-refractivity contribution in [2.45, 2.75) is 13.8 Å². The molecule has 1 heterocycles. The van der Waals surface area contributed by atoms with E-state index in [-0.39, 0.29) is 0 Å². The van der Waals surface area contributed by atoms with E-state index in [1.54, 1.807) is 0 Å². The van der Waals surface area contributed by atoms with Gasteiger partial charge in [-0.2, -0.15) is 0 Å². The summed E-state index contributed by atoms with van der Waals surface area (Å²) in [4.78, 5) is 6.54. The minimum Gasteiger partial charge on any atom is -0.369 e. The van der Waals surface area contributed by atoms with Crippen LogP contribution in [-0.2, 0) is 0 Å². The summed E-state index contributed by atoms with van der Waals surface area (Å²) in [5.74, 6) is 0.958. The second kappa shape index (κ2) is 5.60. The molecular formula is C11H19N3. The number of aryl methyl sites for hydroxylation is 1. The Balaban J connectivity index is 2.28. The molecule has 0 aliphatic heterocycles. The number of rotatable bonds is 5. The van der Waals surface area contributed by atoms with Crippen LogP contribution in [0.1, 0.15) is 12.5 Å². The summed E-state index contributed by atoms with van der Waals surface area (Å²) >= 11 is 0. The zero-order valence-electron chi connectivity index (χ0n) is 9.25. The summed E-state index contributed by atoms with van der Waals surface area (Å²) in [7, 11) is 2.12. The van der Waals surface area contributed by atoms with Crippen molar-refractivity contribution in [3.8, 4) is 0 Å². The van der Waals surface area contributed by atoms with Gasteiger partial charge in [0, 0.05) is 19.3 Å². The molecule has 0 aromatic carbocycles. The molecule has 0 aliphatic carbocycles. The molecule has 3 nitrogen and oxygen atoms in total. The Morgan fingerprint density at radius 1 is 1.43 bits per heavy atom. The van der Waals surface area contributed by atoms with Crippen LogP contribution in [0.5, 0.6) is 0 Å². The molecule has 0 radical (unpaired) electrons. The minimum atomic E-state index is 0.945. The maximum absolute atomic E-state index is 4.27. The summed E-state index contributed by atoms with van der Waals surface area (Å²) in [5, 5.41) is 3.28. The van der Waals surface area contributed by atoms with Crippen LogP contribution in [0.15, 0.2) is 18.3 Å². The van der Waals surface area contributed by atoms with Gasteiger partial charge in [0.1, 0.15) is 5.82 Å². The third-order valence-electron chi connectivity index (χ3n) is 2.25. The largest absolute Gasteiger partial charge is 0.369 e. The third-order valence-corrected chi connectivity index (χ3v) is 2.25. The van der Waals surface area contributed by atoms with Crippen molar-refractivity contribution in [1.29, 1.82) is 0 Å². The van der Waals surface area contributed by atoms with Crippen LogP contribution in [0, 0.1) is 6.92 Å². The highest BCUT2D eigenvalue weighted by Gasteiger charge is 1.95. The zero-order chi connectivity index (χ0) is 10.4. The first kappa shape index (κ1) is 11.0. The number of nitrogens with one attached hydrogen (secondary N) is 1. The van der Waals surface area contributed by atoms with Crippen molar-refractivity contribution in [1.82, 2.24) is 9.88 Å². The normalized spacial score (nSPS) is 10.6. The molecule has 0 saturated carbocycles. The first-order valence-electron chi connectivity index (χ1n) is 5.07. The predicted octanol–water partition coefficient (Wildman–Crippen LogP) is 1.75. The summed E-state index contributed by atoms with van der Waals surface area (Å²) in [6.07, 6.45) is 1.88. The van der Waals surface area contributed by atoms with Gasteiger partial charge in [0.05, 0.1) is 0 Å². The SMILES string of the molecule is CCN(C)CCNc1ccc(C)cn1. The number of aromatic nitrogens is 1. The van der Waals surface area contributed by atoms with Crippen LogP contribution in [0.2, 0.25) is 0 Å². The number of likely N-dealkylation sites (N-methyl/N-ethyl adjacent to an activating group) is 1. The maximum atomic E-state index is 4.27. The van der Waals surface area contributed by atoms with Gasteiger partial charge in [0.25, 0.3) is 0 Å². The summed E-state index contributed by atoms with van der Waals surface area (Å²) < 4.78 is 0. The molecule has 0 bridgehead atoms. The zero-order valence-corrected chi connectivity index (χ0v) is 9.25. The highest BCUT2D eigenvalue weighted by atomic mass is 15.1. The molecule has 1 N–H and O–H groups in total. The van der Waals surface area contributed by atoms with Crippen molar-refractivity contribution in [2.75, 3.05) is 32.0 Å². The fraction of sp³-hybridized carbons (Fsp3) is 0.545. The fourth-order valence-corrected chi connectivity index (χ4v) is 1.11. The molecule has 78 valence electrons. The van der Waals surface area contributed by atoms with E-state index in [0.717, 1.165) is 25.5 Å². The molecule has 0 spiro atoms. The van der Waals surface area contributed by atoms with Crippen molar-refractivity contribution in [2.24, 2.45) is 0 Å². The highest BCUT2D eigenvalue weighted by Crippen LogP contribution is 2.02. The number of pyridine rings is 1. The number of hydrogen-bond donors (Lipinski definition) is 1. The first-order chi connectivity index (χ1) is 6.72. The lowest BCUT2D eigenvalue weighted by atomic mass is 10.3. The standard InChI is InChI=1S/C11H19N3/c1-4-14(3)8-7-12-11-6-5-10(2)9-13-11/h5-6,9H,4,7-8H2,1-3H3,(H,12,13). The van der Waals surface area contributed by atoms with E-state index >= 15 is 0 Å². The Bertz CT molecular complexity index is 256. The van der Waals surface area contributed by atoms with Crippen molar-refractivity contribution in [3.05, 3.63) is 23.9 Å². The molecular weight excluding hydrogens is 174 g/mol. The second-order valence-corrected chi connectivity index (χ2v) is 3.54. The van der Waals surface area contributed by atoms with Crippen LogP contribution in [-0.4, -0.2) is 36.6 Å². The van der Waals surface area contributed by atoms with Crippen LogP contribution < -0.4 is 5.32 Å². The molecule has 0 aliphatic rings. The average Bonchev–Trinajstić information content (AvgIpc) is 2.21. The van der Waals surface area contributed by atoms with Crippen molar-refractivity contribution < 1.29 is 0 Å². The summed E-state index contributed by atoms with van der Waals surface area (Å²) in [6.45, 7) is 7.28. The van der Waals surface area contributed by atoms with Gasteiger partial charge in [-0.25, -0.2) is 4.98 Å². The monoisotopic (exact) mass is 193 g/mol. The van der Waals surface area contributed by atoms with E-state index in [1.807, 2.05) is 19.2 Å². The molecule has 14 heavy (non-hydrogen) atoms. The van der Waals surface area contributed by atoms with Crippen molar-refractivity contribution >= 4 is 5.82 Å². The van der Waals surface area contributed by atoms with Gasteiger partial charge in [-0.1, -0.05) is 13.0 Å². The Hall–Kier alpha value is -1.09. The van der Waals surface area contributed by atoms with E-state index < -0.39 is 0 Å². The first-order valence-corrected chi connectivity index (χ1v) is 5.07. The van der Waals surface area contributed by atoms with Gasteiger partial charge in [-0.15, -0.1) is 0 Å². The van der Waals surface area contributed by atoms with E-state index in [1.165, 1.54) is 5.56 Å². The van der Waals surface area contributed by atoms with Crippen molar-refractivity contribution in [3.63, 3.8) is 0 Å². The lowest BCUT2D eigenvalue weighted by Crippen LogP contribution is -2.24. The topological polar surface area (TPSA) is 28.2 Å². The van der Waals surface area contributed by atoms with E-state index in [2.05, 4.69) is 35.2 Å². The molecule has 1 aromatic heterocycles. The molecule has 0 fully saturated rings. The van der Waals surface area contributed by atoms with Gasteiger partial charge in [0.2, 0.25) is 0 Å². The van der Waals surface area contributed by atoms with E-state index in [9.17, 15) is 0 Å². The summed E-state index contributed by atoms with van der Waals surface area (Å²) in [6, 6.07) is 4.08. The summed E-state index contributed by atoms with van der Waals surface area (Å²) in [5.41, 5.74) is 1.20. The smallest absolute Gasteiger partial charge is 0.125 e. The van der Waals surface area contributed by atoms with Gasteiger partial charge in [-0.3, -0.25) is 0 Å². The van der Waals surface area contributed by atoms with Crippen LogP contribution >= 0.6 is 0 Å². The van der Waals surface area contributed by atoms with Gasteiger partial charge in [0.15, 0.2) is 0 Å². The second-order valence-electron chi connectivity index (χ2n) is 3.54. The highest BCUT2D eigenvalue weighted by molar-refractivity contribution is 5.34. The lowest BCUT2D eigenvalue weighted by Gasteiger charge is -2.14. The molecule has 0 atom stereocenters. The minimum absolute atomic E-state index is 0.945.